The van der Waals surface area contributed by atoms with Crippen molar-refractivity contribution in [2.45, 2.75) is 20.0 Å². The van der Waals surface area contributed by atoms with Crippen molar-refractivity contribution in [2.24, 2.45) is 0 Å². The molecule has 5 heteroatoms. The number of halogens is 1. The van der Waals surface area contributed by atoms with E-state index in [0.29, 0.717) is 24.4 Å². The molecule has 2 aromatic rings. The van der Waals surface area contributed by atoms with Gasteiger partial charge in [-0.25, -0.2) is 14.2 Å². The van der Waals surface area contributed by atoms with Gasteiger partial charge in [-0.15, -0.1) is 0 Å². The molecule has 1 aromatic carbocycles. The largest absolute Gasteiger partial charge is 0.445 e. The number of aryl methyl sites for hydroxylation is 1. The molecule has 0 aliphatic carbocycles. The molecule has 0 aliphatic heterocycles. The van der Waals surface area contributed by atoms with E-state index in [-0.39, 0.29) is 12.4 Å². The van der Waals surface area contributed by atoms with Crippen molar-refractivity contribution in [2.75, 3.05) is 6.54 Å². The van der Waals surface area contributed by atoms with Crippen molar-refractivity contribution in [1.82, 2.24) is 10.3 Å². The number of nitrogens with one attached hydrogen (secondary N) is 1. The van der Waals surface area contributed by atoms with E-state index < -0.39 is 6.09 Å². The van der Waals surface area contributed by atoms with E-state index in [1.54, 1.807) is 6.92 Å². The molecule has 4 nitrogen and oxygen atoms in total. The van der Waals surface area contributed by atoms with Gasteiger partial charge >= 0.3 is 6.09 Å². The summed E-state index contributed by atoms with van der Waals surface area (Å²) >= 11 is 0. The third-order valence-corrected chi connectivity index (χ3v) is 2.97. The Morgan fingerprint density at radius 2 is 2.04 bits per heavy atom. The number of alkyl carbamates (subject to hydrolysis) is 1. The number of benzene rings is 1. The minimum Gasteiger partial charge on any atom is -0.445 e. The third kappa shape index (κ3) is 5.79. The Kier molecular flexibility index (Phi) is 6.13. The summed E-state index contributed by atoms with van der Waals surface area (Å²) < 4.78 is 18.1. The van der Waals surface area contributed by atoms with Gasteiger partial charge in [0.05, 0.1) is 5.69 Å². The first-order valence-electron chi connectivity index (χ1n) is 7.22. The number of ether oxygens (including phenoxy) is 1. The Morgan fingerprint density at radius 1 is 1.26 bits per heavy atom. The molecule has 1 N–H and O–H groups in total. The Labute approximate surface area is 134 Å². The van der Waals surface area contributed by atoms with Crippen LogP contribution in [0.3, 0.4) is 0 Å². The molecule has 0 bridgehead atoms. The van der Waals surface area contributed by atoms with Crippen molar-refractivity contribution in [3.8, 4) is 11.8 Å². The molecular weight excluding hydrogens is 295 g/mol. The Hall–Kier alpha value is -2.87. The first-order valence-corrected chi connectivity index (χ1v) is 7.22. The predicted molar refractivity (Wildman–Crippen MR) is 85.1 cm³/mol. The Bertz CT molecular complexity index is 721. The van der Waals surface area contributed by atoms with Gasteiger partial charge in [-0.05, 0) is 30.5 Å². The van der Waals surface area contributed by atoms with Crippen LogP contribution in [0.25, 0.3) is 0 Å². The number of hydrogen-bond acceptors (Lipinski definition) is 3. The summed E-state index contributed by atoms with van der Waals surface area (Å²) in [6.07, 6.45) is -0.0233. The summed E-state index contributed by atoms with van der Waals surface area (Å²) in [6, 6.07) is 12.3. The summed E-state index contributed by atoms with van der Waals surface area (Å²) in [4.78, 5) is 15.5. The van der Waals surface area contributed by atoms with Crippen molar-refractivity contribution in [3.05, 3.63) is 65.2 Å². The SMILES string of the molecule is Cc1nc(C#CCCNC(=O)OCc2ccccc2)ccc1F. The molecule has 0 radical (unpaired) electrons. The molecule has 0 aliphatic rings. The van der Waals surface area contributed by atoms with Crippen molar-refractivity contribution in [1.29, 1.82) is 0 Å². The third-order valence-electron chi connectivity index (χ3n) is 2.97. The van der Waals surface area contributed by atoms with Crippen LogP contribution in [0.5, 0.6) is 0 Å². The van der Waals surface area contributed by atoms with Crippen LogP contribution < -0.4 is 5.32 Å². The first kappa shape index (κ1) is 16.5. The van der Waals surface area contributed by atoms with Crippen LogP contribution in [0.15, 0.2) is 42.5 Å². The lowest BCUT2D eigenvalue weighted by Gasteiger charge is -2.05. The molecular formula is C18H17FN2O2. The van der Waals surface area contributed by atoms with E-state index >= 15 is 0 Å². The quantitative estimate of drug-likeness (QED) is 0.697. The summed E-state index contributed by atoms with van der Waals surface area (Å²) in [7, 11) is 0. The van der Waals surface area contributed by atoms with Crippen LogP contribution in [0.2, 0.25) is 0 Å². The van der Waals surface area contributed by atoms with E-state index in [4.69, 9.17) is 4.74 Å². The highest BCUT2D eigenvalue weighted by Gasteiger charge is 2.01. The molecule has 23 heavy (non-hydrogen) atoms. The second-order valence-corrected chi connectivity index (χ2v) is 4.80. The van der Waals surface area contributed by atoms with Crippen LogP contribution in [-0.4, -0.2) is 17.6 Å². The average molecular weight is 312 g/mol. The van der Waals surface area contributed by atoms with Gasteiger partial charge in [-0.2, -0.15) is 0 Å². The number of carbonyl (C=O) groups excluding carboxylic acids is 1. The standard InChI is InChI=1S/C18H17FN2O2/c1-14-17(19)11-10-16(21-14)9-5-6-12-20-18(22)23-13-15-7-3-2-4-8-15/h2-4,7-8,10-11H,6,12-13H2,1H3,(H,20,22). The molecule has 1 amide bonds. The van der Waals surface area contributed by atoms with Crippen LogP contribution in [0, 0.1) is 24.6 Å². The highest BCUT2D eigenvalue weighted by atomic mass is 19.1. The fraction of sp³-hybridized carbons (Fsp3) is 0.222. The van der Waals surface area contributed by atoms with Gasteiger partial charge in [0.1, 0.15) is 18.1 Å². The van der Waals surface area contributed by atoms with Gasteiger partial charge in [0.15, 0.2) is 0 Å². The van der Waals surface area contributed by atoms with Crippen LogP contribution in [-0.2, 0) is 11.3 Å². The molecule has 0 saturated carbocycles. The summed E-state index contributed by atoms with van der Waals surface area (Å²) in [5.41, 5.74) is 1.76. The molecule has 0 saturated heterocycles. The molecule has 0 unspecified atom stereocenters. The second kappa shape index (κ2) is 8.54. The van der Waals surface area contributed by atoms with Gasteiger partial charge in [0.25, 0.3) is 0 Å². The smallest absolute Gasteiger partial charge is 0.407 e. The normalized spacial score (nSPS) is 9.65. The lowest BCUT2D eigenvalue weighted by atomic mass is 10.2. The number of carbonyl (C=O) groups is 1. The highest BCUT2D eigenvalue weighted by Crippen LogP contribution is 2.03. The first-order chi connectivity index (χ1) is 11.1. The predicted octanol–water partition coefficient (Wildman–Crippen LogP) is 3.20. The zero-order valence-electron chi connectivity index (χ0n) is 12.8. The van der Waals surface area contributed by atoms with Crippen LogP contribution in [0.4, 0.5) is 9.18 Å². The van der Waals surface area contributed by atoms with Gasteiger partial charge in [-0.1, -0.05) is 36.3 Å². The van der Waals surface area contributed by atoms with Crippen LogP contribution in [0.1, 0.15) is 23.4 Å². The summed E-state index contributed by atoms with van der Waals surface area (Å²) in [5, 5.41) is 2.62. The molecule has 1 heterocycles. The van der Waals surface area contributed by atoms with E-state index in [9.17, 15) is 9.18 Å². The number of rotatable bonds is 4. The number of pyridine rings is 1. The number of aromatic nitrogens is 1. The molecule has 0 spiro atoms. The monoisotopic (exact) mass is 312 g/mol. The van der Waals surface area contributed by atoms with E-state index in [0.717, 1.165) is 5.56 Å². The molecule has 1 aromatic heterocycles. The highest BCUT2D eigenvalue weighted by molar-refractivity contribution is 5.67. The van der Waals surface area contributed by atoms with E-state index in [1.165, 1.54) is 12.1 Å². The maximum Gasteiger partial charge on any atom is 0.407 e. The zero-order chi connectivity index (χ0) is 16.5. The average Bonchev–Trinajstić information content (AvgIpc) is 2.57. The van der Waals surface area contributed by atoms with Crippen molar-refractivity contribution in [3.63, 3.8) is 0 Å². The Morgan fingerprint density at radius 3 is 2.78 bits per heavy atom. The fourth-order valence-corrected chi connectivity index (χ4v) is 1.77. The fourth-order valence-electron chi connectivity index (χ4n) is 1.77. The molecule has 118 valence electrons. The number of hydrogen-bond donors (Lipinski definition) is 1. The van der Waals surface area contributed by atoms with E-state index in [1.807, 2.05) is 30.3 Å². The number of amides is 1. The van der Waals surface area contributed by atoms with Gasteiger partial charge in [-0.3, -0.25) is 0 Å². The second-order valence-electron chi connectivity index (χ2n) is 4.80. The van der Waals surface area contributed by atoms with Gasteiger partial charge in [0, 0.05) is 13.0 Å². The minimum atomic E-state index is -0.480. The summed E-state index contributed by atoms with van der Waals surface area (Å²) in [5.74, 6) is 5.35. The maximum atomic E-state index is 13.1. The lowest BCUT2D eigenvalue weighted by molar-refractivity contribution is 0.140. The molecule has 0 atom stereocenters. The summed E-state index contributed by atoms with van der Waals surface area (Å²) in [6.45, 7) is 2.20. The lowest BCUT2D eigenvalue weighted by Crippen LogP contribution is -2.24. The van der Waals surface area contributed by atoms with Crippen molar-refractivity contribution >= 4 is 6.09 Å². The minimum absolute atomic E-state index is 0.233. The maximum absolute atomic E-state index is 13.1. The van der Waals surface area contributed by atoms with E-state index in [2.05, 4.69) is 22.1 Å². The van der Waals surface area contributed by atoms with Crippen molar-refractivity contribution < 1.29 is 13.9 Å². The van der Waals surface area contributed by atoms with Gasteiger partial charge < -0.3 is 10.1 Å². The number of nitrogens with zero attached hydrogens (tertiary/aromatic N) is 1. The Balaban J connectivity index is 1.68. The zero-order valence-corrected chi connectivity index (χ0v) is 12.8. The topological polar surface area (TPSA) is 51.2 Å². The van der Waals surface area contributed by atoms with Gasteiger partial charge in [0.2, 0.25) is 0 Å². The molecule has 2 rings (SSSR count). The molecule has 0 fully saturated rings. The van der Waals surface area contributed by atoms with Crippen LogP contribution >= 0.6 is 0 Å².